The average Bonchev–Trinajstić information content (AvgIpc) is 3.00. The van der Waals surface area contributed by atoms with Gasteiger partial charge in [0.25, 0.3) is 5.91 Å². The minimum atomic E-state index is -0.814. The quantitative estimate of drug-likeness (QED) is 0.547. The van der Waals surface area contributed by atoms with Crippen molar-refractivity contribution in [2.45, 2.75) is 31.3 Å². The van der Waals surface area contributed by atoms with Gasteiger partial charge in [-0.1, -0.05) is 30.0 Å². The van der Waals surface area contributed by atoms with E-state index in [0.29, 0.717) is 30.3 Å². The largest absolute Gasteiger partial charge is 0.491 e. The molecule has 0 spiro atoms. The summed E-state index contributed by atoms with van der Waals surface area (Å²) in [5, 5.41) is 9.99. The van der Waals surface area contributed by atoms with Crippen LogP contribution in [0.4, 0.5) is 5.69 Å². The Morgan fingerprint density at radius 1 is 1.14 bits per heavy atom. The highest BCUT2D eigenvalue weighted by Gasteiger charge is 2.32. The van der Waals surface area contributed by atoms with Gasteiger partial charge < -0.3 is 25.2 Å². The maximum absolute atomic E-state index is 11.8. The van der Waals surface area contributed by atoms with Gasteiger partial charge in [-0.25, -0.2) is 0 Å². The summed E-state index contributed by atoms with van der Waals surface area (Å²) in [6.07, 6.45) is 4.38. The molecule has 5 rings (SSSR count). The zero-order valence-corrected chi connectivity index (χ0v) is 19.9. The Morgan fingerprint density at radius 3 is 2.61 bits per heavy atom. The summed E-state index contributed by atoms with van der Waals surface area (Å²) in [6, 6.07) is 18.0. The highest BCUT2D eigenvalue weighted by Crippen LogP contribution is 2.33. The molecular formula is C28H27N3O5. The third-order valence-corrected chi connectivity index (χ3v) is 5.85. The molecule has 8 heteroatoms. The van der Waals surface area contributed by atoms with Crippen LogP contribution in [0.2, 0.25) is 0 Å². The molecule has 184 valence electrons. The maximum atomic E-state index is 11.8. The van der Waals surface area contributed by atoms with E-state index in [1.165, 1.54) is 12.3 Å². The van der Waals surface area contributed by atoms with Crippen LogP contribution in [0, 0.1) is 11.8 Å². The maximum Gasteiger partial charge on any atom is 0.267 e. The van der Waals surface area contributed by atoms with Gasteiger partial charge in [-0.15, -0.1) is 0 Å². The number of hydrogen-bond acceptors (Lipinski definition) is 6. The molecule has 0 bridgehead atoms. The number of ether oxygens (including phenoxy) is 2. The van der Waals surface area contributed by atoms with Crippen molar-refractivity contribution in [2.75, 3.05) is 18.6 Å². The molecule has 0 saturated heterocycles. The number of nitrogens with two attached hydrogens (primary N) is 1. The van der Waals surface area contributed by atoms with Crippen LogP contribution in [0.1, 0.15) is 41.7 Å². The predicted octanol–water partition coefficient (Wildman–Crippen LogP) is 3.67. The Labute approximate surface area is 209 Å². The lowest BCUT2D eigenvalue weighted by Gasteiger charge is -2.30. The number of nitrogens with zero attached hydrogens (tertiary/aromatic N) is 2. The minimum absolute atomic E-state index is 0.0338. The second kappa shape index (κ2) is 10.9. The molecule has 1 saturated carbocycles. The first-order valence-electron chi connectivity index (χ1n) is 11.6. The molecule has 8 nitrogen and oxygen atoms in total. The Hall–Kier alpha value is -4.35. The van der Waals surface area contributed by atoms with E-state index in [4.69, 9.17) is 15.2 Å². The van der Waals surface area contributed by atoms with Crippen molar-refractivity contribution in [3.8, 4) is 29.1 Å². The molecular weight excluding hydrogens is 458 g/mol. The predicted molar refractivity (Wildman–Crippen MR) is 135 cm³/mol. The summed E-state index contributed by atoms with van der Waals surface area (Å²) in [5.41, 5.74) is 6.02. The number of pyridine rings is 1. The highest BCUT2D eigenvalue weighted by molar-refractivity contribution is 5.95. The zero-order chi connectivity index (χ0) is 25.5. The van der Waals surface area contributed by atoms with Crippen LogP contribution in [0.15, 0.2) is 66.9 Å². The lowest BCUT2D eigenvalue weighted by atomic mass is 9.81. The minimum Gasteiger partial charge on any atom is -0.491 e. The highest BCUT2D eigenvalue weighted by atomic mass is 16.5. The topological polar surface area (TPSA) is 115 Å². The van der Waals surface area contributed by atoms with Crippen LogP contribution in [0.3, 0.4) is 0 Å². The molecule has 36 heavy (non-hydrogen) atoms. The second-order valence-corrected chi connectivity index (χ2v) is 8.53. The van der Waals surface area contributed by atoms with E-state index >= 15 is 0 Å². The van der Waals surface area contributed by atoms with E-state index in [-0.39, 0.29) is 11.6 Å². The van der Waals surface area contributed by atoms with E-state index in [2.05, 4.69) is 16.8 Å². The van der Waals surface area contributed by atoms with Gasteiger partial charge in [-0.3, -0.25) is 14.6 Å². The fourth-order valence-corrected chi connectivity index (χ4v) is 3.59. The third-order valence-electron chi connectivity index (χ3n) is 5.85. The molecule has 1 aliphatic heterocycles. The zero-order valence-electron chi connectivity index (χ0n) is 19.9. The first-order chi connectivity index (χ1) is 17.3. The molecule has 3 aromatic rings. The Bertz CT molecular complexity index is 1310. The van der Waals surface area contributed by atoms with Gasteiger partial charge in [-0.2, -0.15) is 0 Å². The molecule has 2 aromatic carbocycles. The summed E-state index contributed by atoms with van der Waals surface area (Å²) in [4.78, 5) is 28.2. The lowest BCUT2D eigenvalue weighted by molar-refractivity contribution is -0.118. The number of hydrogen-bond donors (Lipinski definition) is 2. The van der Waals surface area contributed by atoms with Gasteiger partial charge in [0.2, 0.25) is 5.91 Å². The van der Waals surface area contributed by atoms with Gasteiger partial charge in [0.05, 0.1) is 18.7 Å². The number of rotatable bonds is 3. The number of aromatic nitrogens is 1. The molecule has 2 heterocycles. The molecule has 1 aliphatic carbocycles. The Morgan fingerprint density at radius 2 is 1.92 bits per heavy atom. The monoisotopic (exact) mass is 485 g/mol. The second-order valence-electron chi connectivity index (χ2n) is 8.53. The average molecular weight is 486 g/mol. The van der Waals surface area contributed by atoms with E-state index in [1.54, 1.807) is 18.0 Å². The molecule has 0 unspecified atom stereocenters. The fraction of sp³-hybridized carbons (Fsp3) is 0.250. The van der Waals surface area contributed by atoms with E-state index in [0.717, 1.165) is 30.5 Å². The van der Waals surface area contributed by atoms with Gasteiger partial charge in [-0.05, 0) is 55.7 Å². The third kappa shape index (κ3) is 6.20. The molecule has 3 N–H and O–H groups in total. The van der Waals surface area contributed by atoms with Crippen LogP contribution in [-0.4, -0.2) is 41.2 Å². The van der Waals surface area contributed by atoms with Crippen molar-refractivity contribution >= 4 is 17.5 Å². The van der Waals surface area contributed by atoms with Crippen molar-refractivity contribution < 1.29 is 24.2 Å². The van der Waals surface area contributed by atoms with Crippen molar-refractivity contribution in [3.05, 3.63) is 78.1 Å². The number of carbonyl (C=O) groups is 2. The standard InChI is InChI=1S/C16H17NO3.C12H10N2O2/c1-17-13-11-12(5-9-16(19)7-2-8-16)3-4-14(13)20-10-6-15(17)18;13-12(15)11-8-10(6-7-14-11)16-9-4-2-1-3-5-9/h3-4,11,19H,2,6-8,10H2,1H3;1-8H,(H2,13,15). The number of primary amides is 1. The van der Waals surface area contributed by atoms with Crippen molar-refractivity contribution in [3.63, 3.8) is 0 Å². The van der Waals surface area contributed by atoms with Crippen LogP contribution < -0.4 is 20.1 Å². The van der Waals surface area contributed by atoms with Crippen LogP contribution in [-0.2, 0) is 4.79 Å². The van der Waals surface area contributed by atoms with E-state index < -0.39 is 11.5 Å². The molecule has 0 radical (unpaired) electrons. The van der Waals surface area contributed by atoms with Crippen LogP contribution in [0.25, 0.3) is 0 Å². The fourth-order valence-electron chi connectivity index (χ4n) is 3.59. The lowest BCUT2D eigenvalue weighted by Crippen LogP contribution is -2.34. The van der Waals surface area contributed by atoms with Gasteiger partial charge >= 0.3 is 0 Å². The molecule has 1 aromatic heterocycles. The summed E-state index contributed by atoms with van der Waals surface area (Å²) in [5.74, 6) is 7.32. The smallest absolute Gasteiger partial charge is 0.267 e. The molecule has 2 aliphatic rings. The Balaban J connectivity index is 0.000000174. The Kier molecular flexibility index (Phi) is 7.52. The number of amides is 2. The van der Waals surface area contributed by atoms with Gasteiger partial charge in [0.15, 0.2) is 0 Å². The number of carbonyl (C=O) groups excluding carboxylic acids is 2. The van der Waals surface area contributed by atoms with Crippen molar-refractivity contribution in [1.29, 1.82) is 0 Å². The van der Waals surface area contributed by atoms with Crippen molar-refractivity contribution in [2.24, 2.45) is 5.73 Å². The molecule has 1 fully saturated rings. The van der Waals surface area contributed by atoms with E-state index in [9.17, 15) is 14.7 Å². The van der Waals surface area contributed by atoms with Crippen LogP contribution >= 0.6 is 0 Å². The van der Waals surface area contributed by atoms with Gasteiger partial charge in [0, 0.05) is 24.9 Å². The van der Waals surface area contributed by atoms with Crippen molar-refractivity contribution in [1.82, 2.24) is 4.98 Å². The summed E-state index contributed by atoms with van der Waals surface area (Å²) in [7, 11) is 1.74. The van der Waals surface area contributed by atoms with Gasteiger partial charge in [0.1, 0.15) is 28.5 Å². The first-order valence-corrected chi connectivity index (χ1v) is 11.6. The number of fused-ring (bicyclic) bond motifs is 1. The summed E-state index contributed by atoms with van der Waals surface area (Å²) >= 11 is 0. The molecule has 2 amide bonds. The summed E-state index contributed by atoms with van der Waals surface area (Å²) < 4.78 is 11.1. The number of benzene rings is 2. The SMILES string of the molecule is CN1C(=O)CCOc2ccc(C#CC3(O)CCC3)cc21.NC(=O)c1cc(Oc2ccccc2)ccn1. The normalized spacial score (nSPS) is 15.4. The summed E-state index contributed by atoms with van der Waals surface area (Å²) in [6.45, 7) is 0.404. The number of anilines is 1. The van der Waals surface area contributed by atoms with E-state index in [1.807, 2.05) is 48.5 Å². The van der Waals surface area contributed by atoms with Crippen LogP contribution in [0.5, 0.6) is 17.2 Å². The number of aliphatic hydroxyl groups is 1. The molecule has 0 atom stereocenters. The number of para-hydroxylation sites is 1. The first kappa shape index (κ1) is 24.8.